The summed E-state index contributed by atoms with van der Waals surface area (Å²) in [7, 11) is 0. The van der Waals surface area contributed by atoms with Gasteiger partial charge in [-0.25, -0.2) is 0 Å². The average Bonchev–Trinajstić information content (AvgIpc) is 3.74. The van der Waals surface area contributed by atoms with Crippen molar-refractivity contribution in [3.05, 3.63) is 224 Å². The molecule has 0 amide bonds. The molecule has 0 aliphatic carbocycles. The van der Waals surface area contributed by atoms with Gasteiger partial charge in [-0.15, -0.1) is 11.3 Å². The third-order valence-electron chi connectivity index (χ3n) is 10.8. The van der Waals surface area contributed by atoms with E-state index in [1.807, 2.05) is 133 Å². The van der Waals surface area contributed by atoms with Crippen molar-refractivity contribution in [2.45, 2.75) is 0 Å². The van der Waals surface area contributed by atoms with Crippen molar-refractivity contribution < 1.29 is 11.0 Å². The minimum Gasteiger partial charge on any atom is -0.310 e. The quantitative estimate of drug-likeness (QED) is 0.156. The predicted molar refractivity (Wildman–Crippen MR) is 251 cm³/mol. The van der Waals surface area contributed by atoms with E-state index in [1.54, 1.807) is 29.5 Å². The molecule has 0 aliphatic rings. The van der Waals surface area contributed by atoms with Crippen LogP contribution in [0.25, 0.3) is 86.2 Å². The predicted octanol–water partition coefficient (Wildman–Crippen LogP) is 16.5. The van der Waals surface area contributed by atoms with Gasteiger partial charge in [0, 0.05) is 37.2 Å². The topological polar surface area (TPSA) is 3.24 Å². The zero-order valence-electron chi connectivity index (χ0n) is 39.1. The van der Waals surface area contributed by atoms with Crippen molar-refractivity contribution in [3.63, 3.8) is 0 Å². The van der Waals surface area contributed by atoms with Crippen LogP contribution in [-0.4, -0.2) is 0 Å². The van der Waals surface area contributed by atoms with E-state index in [2.05, 4.69) is 24.3 Å². The van der Waals surface area contributed by atoms with Gasteiger partial charge in [0.2, 0.25) is 0 Å². The number of hydrogen-bond acceptors (Lipinski definition) is 2. The molecule has 1 aromatic heterocycles. The van der Waals surface area contributed by atoms with Gasteiger partial charge >= 0.3 is 0 Å². The zero-order valence-corrected chi connectivity index (χ0v) is 31.9. The maximum Gasteiger partial charge on any atom is 0.0645 e. The number of fused-ring (bicyclic) bond motifs is 5. The van der Waals surface area contributed by atoms with E-state index in [9.17, 15) is 11.0 Å². The molecule has 0 bridgehead atoms. The minimum atomic E-state index is -0.395. The first-order chi connectivity index (χ1) is 32.1. The second-order valence-corrected chi connectivity index (χ2v) is 15.3. The first kappa shape index (κ1) is 26.6. The van der Waals surface area contributed by atoms with E-state index < -0.39 is 12.1 Å². The molecule has 0 unspecified atom stereocenters. The molecule has 2 heteroatoms. The molecule has 1 nitrogen and oxygen atoms in total. The van der Waals surface area contributed by atoms with Crippen molar-refractivity contribution in [2.75, 3.05) is 4.90 Å². The fourth-order valence-electron chi connectivity index (χ4n) is 8.07. The molecule has 10 aromatic carbocycles. The van der Waals surface area contributed by atoms with Gasteiger partial charge < -0.3 is 4.90 Å². The van der Waals surface area contributed by atoms with Gasteiger partial charge in [-0.05, 0) is 121 Å². The number of benzene rings is 10. The number of nitrogens with zero attached hydrogens (tertiary/aromatic N) is 1. The summed E-state index contributed by atoms with van der Waals surface area (Å²) < 4.78 is 79.3. The van der Waals surface area contributed by atoms with Crippen LogP contribution in [0.4, 0.5) is 17.1 Å². The van der Waals surface area contributed by atoms with E-state index in [-0.39, 0.29) is 58.8 Å². The van der Waals surface area contributed by atoms with Crippen molar-refractivity contribution in [1.82, 2.24) is 0 Å². The first-order valence-corrected chi connectivity index (χ1v) is 20.0. The summed E-state index contributed by atoms with van der Waals surface area (Å²) in [5.74, 6) is 0. The zero-order chi connectivity index (χ0) is 45.4. The smallest absolute Gasteiger partial charge is 0.0645 e. The highest BCUT2D eigenvalue weighted by Crippen LogP contribution is 2.43. The van der Waals surface area contributed by atoms with E-state index in [0.717, 1.165) is 64.0 Å². The van der Waals surface area contributed by atoms with E-state index in [0.29, 0.717) is 16.8 Å². The third-order valence-corrected chi connectivity index (χ3v) is 11.9. The largest absolute Gasteiger partial charge is 0.310 e. The van der Waals surface area contributed by atoms with Crippen molar-refractivity contribution >= 4 is 70.1 Å². The Bertz CT molecular complexity index is 3720. The highest BCUT2D eigenvalue weighted by Gasteiger charge is 2.17. The molecule has 11 aromatic rings. The number of hydrogen-bond donors (Lipinski definition) is 0. The van der Waals surface area contributed by atoms with Crippen LogP contribution in [0.15, 0.2) is 224 Å². The molecule has 0 aliphatic heterocycles. The Kier molecular flexibility index (Phi) is 6.57. The lowest BCUT2D eigenvalue weighted by Gasteiger charge is -2.26. The lowest BCUT2D eigenvalue weighted by molar-refractivity contribution is 1.28. The molecule has 272 valence electrons. The molecule has 0 spiro atoms. The van der Waals surface area contributed by atoms with Gasteiger partial charge in [0.1, 0.15) is 0 Å². The lowest BCUT2D eigenvalue weighted by Crippen LogP contribution is -2.10. The highest BCUT2D eigenvalue weighted by molar-refractivity contribution is 7.25. The Morgan fingerprint density at radius 3 is 1.52 bits per heavy atom. The maximum atomic E-state index is 9.74. The van der Waals surface area contributed by atoms with E-state index in [1.165, 1.54) is 4.90 Å². The summed E-state index contributed by atoms with van der Waals surface area (Å²) in [6.45, 7) is 0. The first-order valence-electron chi connectivity index (χ1n) is 23.2. The van der Waals surface area contributed by atoms with Gasteiger partial charge in [-0.3, -0.25) is 0 Å². The van der Waals surface area contributed by atoms with Crippen LogP contribution >= 0.6 is 11.3 Å². The normalized spacial score (nSPS) is 13.4. The summed E-state index contributed by atoms with van der Waals surface area (Å²) in [5.41, 5.74) is 4.74. The maximum absolute atomic E-state index is 9.74. The van der Waals surface area contributed by atoms with Crippen molar-refractivity contribution in [2.24, 2.45) is 0 Å². The molecule has 0 N–H and O–H groups in total. The summed E-state index contributed by atoms with van der Waals surface area (Å²) >= 11 is 1.70. The van der Waals surface area contributed by atoms with Crippen LogP contribution in [-0.2, 0) is 0 Å². The van der Waals surface area contributed by atoms with Crippen LogP contribution in [0.3, 0.4) is 0 Å². The standard InChI is InChI=1S/C56H37NS/c1-3-20-48-39(12-1)14-9-23-50(48)41-30-34-46(35-31-41)57(47-19-8-18-44(37-47)52-25-11-27-55-56(52)53-22-5-6-26-54(53)58-55)45-32-28-38(29-33-45)42-16-7-17-43(36-42)51-24-10-15-40-13-2-4-21-49(40)51/h1-37H/i28D,29D,30D,31D,32D,33D,34D,35D. The van der Waals surface area contributed by atoms with Crippen LogP contribution in [0, 0.1) is 0 Å². The Balaban J connectivity index is 1.15. The molecule has 11 rings (SSSR count). The molecule has 58 heavy (non-hydrogen) atoms. The lowest BCUT2D eigenvalue weighted by atomic mass is 9.95. The van der Waals surface area contributed by atoms with Crippen LogP contribution < -0.4 is 4.90 Å². The van der Waals surface area contributed by atoms with Crippen molar-refractivity contribution in [1.29, 1.82) is 0 Å². The van der Waals surface area contributed by atoms with Crippen LogP contribution in [0.2, 0.25) is 0 Å². The molecule has 0 saturated carbocycles. The summed E-state index contributed by atoms with van der Waals surface area (Å²) in [6.07, 6.45) is 0. The number of rotatable bonds is 7. The number of anilines is 3. The Morgan fingerprint density at radius 2 is 0.810 bits per heavy atom. The Hall–Kier alpha value is -7.26. The second-order valence-electron chi connectivity index (χ2n) is 14.2. The van der Waals surface area contributed by atoms with Gasteiger partial charge in [0.05, 0.1) is 11.0 Å². The molecule has 0 saturated heterocycles. The molecular formula is C56H37NS. The monoisotopic (exact) mass is 763 g/mol. The van der Waals surface area contributed by atoms with Gasteiger partial charge in [-0.1, -0.05) is 170 Å². The van der Waals surface area contributed by atoms with Gasteiger partial charge in [-0.2, -0.15) is 0 Å². The molecule has 0 atom stereocenters. The van der Waals surface area contributed by atoms with Crippen LogP contribution in [0.5, 0.6) is 0 Å². The van der Waals surface area contributed by atoms with E-state index in [4.69, 9.17) is 0 Å². The average molecular weight is 764 g/mol. The summed E-state index contributed by atoms with van der Waals surface area (Å²) in [4.78, 5) is 1.39. The van der Waals surface area contributed by atoms with E-state index >= 15 is 0 Å². The molecule has 0 fully saturated rings. The van der Waals surface area contributed by atoms with Crippen molar-refractivity contribution in [3.8, 4) is 44.5 Å². The Morgan fingerprint density at radius 1 is 0.328 bits per heavy atom. The Labute approximate surface area is 353 Å². The summed E-state index contributed by atoms with van der Waals surface area (Å²) in [6, 6.07) is 53.7. The highest BCUT2D eigenvalue weighted by atomic mass is 32.1. The molecule has 1 heterocycles. The fourth-order valence-corrected chi connectivity index (χ4v) is 9.21. The third kappa shape index (κ3) is 6.03. The molecular weight excluding hydrogens is 719 g/mol. The van der Waals surface area contributed by atoms with Gasteiger partial charge in [0.15, 0.2) is 0 Å². The van der Waals surface area contributed by atoms with Crippen LogP contribution in [0.1, 0.15) is 11.0 Å². The molecule has 0 radical (unpaired) electrons. The fraction of sp³-hybridized carbons (Fsp3) is 0. The summed E-state index contributed by atoms with van der Waals surface area (Å²) in [5, 5.41) is 5.92. The second kappa shape index (κ2) is 14.4. The number of thiophene rings is 1. The van der Waals surface area contributed by atoms with Gasteiger partial charge in [0.25, 0.3) is 0 Å². The SMILES string of the molecule is [2H]c1c([2H])c(N(c2cccc(-c3cccc4sc5ccccc5c34)c2)c2c([2H])c([2H])c(-c3cccc4ccccc34)c([2H])c2[2H])c([2H])c([2H])c1-c1cccc(-c2cccc3ccccc23)c1. The minimum absolute atomic E-state index is 0.103.